The number of aliphatic carboxylic acids is 1. The van der Waals surface area contributed by atoms with Gasteiger partial charge in [-0.05, 0) is 32.8 Å². The molecule has 2 atom stereocenters. The molecular formula is C16H22N2O6. The summed E-state index contributed by atoms with van der Waals surface area (Å²) in [4.78, 5) is 33.6. The lowest BCUT2D eigenvalue weighted by atomic mass is 9.89. The molecule has 0 saturated heterocycles. The van der Waals surface area contributed by atoms with Crippen LogP contribution < -0.4 is 5.32 Å². The minimum absolute atomic E-state index is 0.0828. The second-order valence-corrected chi connectivity index (χ2v) is 6.33. The molecule has 0 heterocycles. The number of carbonyl (C=O) groups is 2. The van der Waals surface area contributed by atoms with E-state index >= 15 is 0 Å². The third-order valence-corrected chi connectivity index (χ3v) is 3.31. The van der Waals surface area contributed by atoms with Crippen molar-refractivity contribution >= 4 is 17.7 Å². The first-order chi connectivity index (χ1) is 11.0. The molecule has 0 aliphatic carbocycles. The summed E-state index contributed by atoms with van der Waals surface area (Å²) in [6, 6.07) is 4.42. The lowest BCUT2D eigenvalue weighted by molar-refractivity contribution is -0.384. The van der Waals surface area contributed by atoms with Crippen molar-refractivity contribution in [1.82, 2.24) is 5.32 Å². The van der Waals surface area contributed by atoms with Crippen LogP contribution in [-0.4, -0.2) is 33.7 Å². The SMILES string of the molecule is CC[C@@H](c1ccc([N+](=O)[O-])cc1)[C@@H](NC(=O)OC(C)(C)C)C(=O)O. The van der Waals surface area contributed by atoms with Gasteiger partial charge in [-0.25, -0.2) is 9.59 Å². The first-order valence-corrected chi connectivity index (χ1v) is 7.51. The van der Waals surface area contributed by atoms with E-state index in [2.05, 4.69) is 5.32 Å². The van der Waals surface area contributed by atoms with E-state index in [9.17, 15) is 24.8 Å². The molecule has 24 heavy (non-hydrogen) atoms. The molecule has 8 nitrogen and oxygen atoms in total. The van der Waals surface area contributed by atoms with Crippen molar-refractivity contribution in [2.24, 2.45) is 0 Å². The number of nitro benzene ring substituents is 1. The smallest absolute Gasteiger partial charge is 0.408 e. The number of non-ortho nitro benzene ring substituents is 1. The van der Waals surface area contributed by atoms with E-state index in [0.29, 0.717) is 12.0 Å². The normalized spacial score (nSPS) is 13.7. The summed E-state index contributed by atoms with van der Waals surface area (Å²) >= 11 is 0. The highest BCUT2D eigenvalue weighted by Crippen LogP contribution is 2.26. The Labute approximate surface area is 140 Å². The molecule has 132 valence electrons. The zero-order valence-corrected chi connectivity index (χ0v) is 14.1. The Balaban J connectivity index is 3.00. The molecule has 0 radical (unpaired) electrons. The quantitative estimate of drug-likeness (QED) is 0.608. The Morgan fingerprint density at radius 1 is 1.29 bits per heavy atom. The summed E-state index contributed by atoms with van der Waals surface area (Å²) in [6.07, 6.45) is -0.403. The Morgan fingerprint density at radius 3 is 2.21 bits per heavy atom. The molecule has 0 bridgehead atoms. The lowest BCUT2D eigenvalue weighted by Crippen LogP contribution is -2.46. The second kappa shape index (κ2) is 7.76. The van der Waals surface area contributed by atoms with Crippen molar-refractivity contribution in [3.8, 4) is 0 Å². The average Bonchev–Trinajstić information content (AvgIpc) is 2.45. The number of nitrogens with one attached hydrogen (secondary N) is 1. The van der Waals surface area contributed by atoms with Crippen molar-refractivity contribution < 1.29 is 24.4 Å². The zero-order valence-electron chi connectivity index (χ0n) is 14.1. The van der Waals surface area contributed by atoms with E-state index < -0.39 is 34.5 Å². The van der Waals surface area contributed by atoms with Crippen molar-refractivity contribution in [1.29, 1.82) is 0 Å². The van der Waals surface area contributed by atoms with E-state index in [1.165, 1.54) is 24.3 Å². The molecule has 1 aromatic carbocycles. The third kappa shape index (κ3) is 5.53. The fourth-order valence-electron chi connectivity index (χ4n) is 2.28. The van der Waals surface area contributed by atoms with Crippen LogP contribution in [-0.2, 0) is 9.53 Å². The second-order valence-electron chi connectivity index (χ2n) is 6.33. The van der Waals surface area contributed by atoms with Gasteiger partial charge in [0.2, 0.25) is 0 Å². The number of benzene rings is 1. The van der Waals surface area contributed by atoms with Gasteiger partial charge in [0, 0.05) is 18.1 Å². The molecule has 0 saturated carbocycles. The molecule has 2 N–H and O–H groups in total. The van der Waals surface area contributed by atoms with Gasteiger partial charge in [0.15, 0.2) is 0 Å². The van der Waals surface area contributed by atoms with E-state index in [1.807, 2.05) is 0 Å². The number of carboxylic acids is 1. The van der Waals surface area contributed by atoms with Crippen LogP contribution in [0.3, 0.4) is 0 Å². The summed E-state index contributed by atoms with van der Waals surface area (Å²) in [5, 5.41) is 22.5. The van der Waals surface area contributed by atoms with Gasteiger partial charge in [0.05, 0.1) is 4.92 Å². The van der Waals surface area contributed by atoms with Crippen LogP contribution in [0.25, 0.3) is 0 Å². The average molecular weight is 338 g/mol. The number of rotatable bonds is 6. The van der Waals surface area contributed by atoms with Gasteiger partial charge in [0.1, 0.15) is 11.6 Å². The maximum Gasteiger partial charge on any atom is 0.408 e. The van der Waals surface area contributed by atoms with Crippen LogP contribution in [0, 0.1) is 10.1 Å². The first kappa shape index (κ1) is 19.4. The Morgan fingerprint density at radius 2 is 1.83 bits per heavy atom. The van der Waals surface area contributed by atoms with Gasteiger partial charge in [0.25, 0.3) is 5.69 Å². The molecule has 1 amide bonds. The molecule has 1 aromatic rings. The van der Waals surface area contributed by atoms with Crippen molar-refractivity contribution in [2.75, 3.05) is 0 Å². The fourth-order valence-corrected chi connectivity index (χ4v) is 2.28. The predicted molar refractivity (Wildman–Crippen MR) is 86.9 cm³/mol. The standard InChI is InChI=1S/C16H22N2O6/c1-5-12(10-6-8-11(9-7-10)18(22)23)13(14(19)20)17-15(21)24-16(2,3)4/h6-9,12-13H,5H2,1-4H3,(H,17,21)(H,19,20)/t12-,13+/m0/s1. The summed E-state index contributed by atoms with van der Waals surface area (Å²) < 4.78 is 5.10. The fraction of sp³-hybridized carbons (Fsp3) is 0.500. The van der Waals surface area contributed by atoms with Crippen LogP contribution in [0.15, 0.2) is 24.3 Å². The molecule has 0 fully saturated rings. The molecule has 0 spiro atoms. The van der Waals surface area contributed by atoms with Gasteiger partial charge < -0.3 is 15.2 Å². The van der Waals surface area contributed by atoms with Gasteiger partial charge in [-0.15, -0.1) is 0 Å². The van der Waals surface area contributed by atoms with E-state index in [4.69, 9.17) is 4.74 Å². The Hall–Kier alpha value is -2.64. The van der Waals surface area contributed by atoms with Gasteiger partial charge in [-0.3, -0.25) is 10.1 Å². The number of carbonyl (C=O) groups excluding carboxylic acids is 1. The monoisotopic (exact) mass is 338 g/mol. The maximum atomic E-state index is 11.9. The highest BCUT2D eigenvalue weighted by atomic mass is 16.6. The molecule has 0 aliphatic heterocycles. The highest BCUT2D eigenvalue weighted by molar-refractivity contribution is 5.81. The van der Waals surface area contributed by atoms with Crippen LogP contribution >= 0.6 is 0 Å². The number of hydrogen-bond donors (Lipinski definition) is 2. The van der Waals surface area contributed by atoms with Crippen LogP contribution in [0.2, 0.25) is 0 Å². The predicted octanol–water partition coefficient (Wildman–Crippen LogP) is 3.07. The van der Waals surface area contributed by atoms with Crippen LogP contribution in [0.5, 0.6) is 0 Å². The highest BCUT2D eigenvalue weighted by Gasteiger charge is 2.31. The first-order valence-electron chi connectivity index (χ1n) is 7.51. The summed E-state index contributed by atoms with van der Waals surface area (Å²) in [6.45, 7) is 6.81. The van der Waals surface area contributed by atoms with E-state index in [-0.39, 0.29) is 5.69 Å². The number of nitrogens with zero attached hydrogens (tertiary/aromatic N) is 1. The minimum Gasteiger partial charge on any atom is -0.480 e. The topological polar surface area (TPSA) is 119 Å². The minimum atomic E-state index is -1.20. The van der Waals surface area contributed by atoms with Crippen molar-refractivity contribution in [3.63, 3.8) is 0 Å². The summed E-state index contributed by atoms with van der Waals surface area (Å²) in [7, 11) is 0. The molecular weight excluding hydrogens is 316 g/mol. The van der Waals surface area contributed by atoms with Gasteiger partial charge in [-0.2, -0.15) is 0 Å². The number of carboxylic acid groups (broad SMARTS) is 1. The van der Waals surface area contributed by atoms with E-state index in [0.717, 1.165) is 0 Å². The number of amides is 1. The molecule has 8 heteroatoms. The Bertz CT molecular complexity index is 606. The number of hydrogen-bond acceptors (Lipinski definition) is 5. The number of alkyl carbamates (subject to hydrolysis) is 1. The van der Waals surface area contributed by atoms with Gasteiger partial charge >= 0.3 is 12.1 Å². The summed E-state index contributed by atoms with van der Waals surface area (Å²) in [5.41, 5.74) is -0.241. The lowest BCUT2D eigenvalue weighted by Gasteiger charge is -2.26. The molecule has 1 rings (SSSR count). The largest absolute Gasteiger partial charge is 0.480 e. The molecule has 0 unspecified atom stereocenters. The third-order valence-electron chi connectivity index (χ3n) is 3.31. The zero-order chi connectivity index (χ0) is 18.5. The summed E-state index contributed by atoms with van der Waals surface area (Å²) in [5.74, 6) is -1.75. The van der Waals surface area contributed by atoms with Crippen LogP contribution in [0.1, 0.15) is 45.6 Å². The molecule has 0 aliphatic rings. The van der Waals surface area contributed by atoms with Crippen molar-refractivity contribution in [2.45, 2.75) is 51.7 Å². The van der Waals surface area contributed by atoms with Crippen LogP contribution in [0.4, 0.5) is 10.5 Å². The Kier molecular flexibility index (Phi) is 6.27. The van der Waals surface area contributed by atoms with Gasteiger partial charge in [-0.1, -0.05) is 19.1 Å². The van der Waals surface area contributed by atoms with Crippen molar-refractivity contribution in [3.05, 3.63) is 39.9 Å². The molecule has 0 aromatic heterocycles. The number of ether oxygens (including phenoxy) is 1. The number of nitro groups is 1. The maximum absolute atomic E-state index is 11.9. The van der Waals surface area contributed by atoms with E-state index in [1.54, 1.807) is 27.7 Å².